The quantitative estimate of drug-likeness (QED) is 0.316. The van der Waals surface area contributed by atoms with Gasteiger partial charge in [0, 0.05) is 40.4 Å². The van der Waals surface area contributed by atoms with Crippen LogP contribution in [-0.2, 0) is 14.3 Å². The molecular formula is C28H32Br2O7. The summed E-state index contributed by atoms with van der Waals surface area (Å²) in [6, 6.07) is 10.4. The fourth-order valence-corrected chi connectivity index (χ4v) is 5.03. The highest BCUT2D eigenvalue weighted by molar-refractivity contribution is 9.10. The molecule has 3 aliphatic heterocycles. The van der Waals surface area contributed by atoms with E-state index in [1.54, 1.807) is 12.1 Å². The minimum Gasteiger partial charge on any atom is -0.507 e. The molecule has 3 unspecified atom stereocenters. The molecule has 1 N–H and O–H groups in total. The first-order chi connectivity index (χ1) is 17.8. The van der Waals surface area contributed by atoms with Gasteiger partial charge in [-0.25, -0.2) is 0 Å². The van der Waals surface area contributed by atoms with Crippen LogP contribution in [0.3, 0.4) is 0 Å². The smallest absolute Gasteiger partial charge is 0.170 e. The molecule has 0 radical (unpaired) electrons. The highest BCUT2D eigenvalue weighted by Crippen LogP contribution is 2.34. The van der Waals surface area contributed by atoms with E-state index >= 15 is 0 Å². The molecule has 9 heteroatoms. The van der Waals surface area contributed by atoms with Gasteiger partial charge in [0.05, 0.1) is 24.3 Å². The molecular weight excluding hydrogens is 608 g/mol. The van der Waals surface area contributed by atoms with Crippen LogP contribution in [0.5, 0.6) is 11.5 Å². The number of carbonyl (C=O) groups is 3. The number of halogens is 2. The minimum atomic E-state index is -0.135. The molecule has 2 fully saturated rings. The molecule has 0 aliphatic carbocycles. The summed E-state index contributed by atoms with van der Waals surface area (Å²) in [5.41, 5.74) is 1.04. The van der Waals surface area contributed by atoms with E-state index in [-0.39, 0.29) is 29.3 Å². The molecule has 0 amide bonds. The van der Waals surface area contributed by atoms with Crippen LogP contribution < -0.4 is 4.74 Å². The van der Waals surface area contributed by atoms with Crippen molar-refractivity contribution in [3.05, 3.63) is 56.5 Å². The first-order valence-electron chi connectivity index (χ1n) is 12.4. The summed E-state index contributed by atoms with van der Waals surface area (Å²) in [6.07, 6.45) is 5.64. The van der Waals surface area contributed by atoms with Crippen LogP contribution in [0.15, 0.2) is 45.3 Å². The van der Waals surface area contributed by atoms with E-state index in [2.05, 4.69) is 31.9 Å². The van der Waals surface area contributed by atoms with Crippen LogP contribution >= 0.6 is 31.9 Å². The lowest BCUT2D eigenvalue weighted by atomic mass is 9.89. The van der Waals surface area contributed by atoms with Gasteiger partial charge in [-0.3, -0.25) is 9.59 Å². The Morgan fingerprint density at radius 3 is 2.24 bits per heavy atom. The first kappa shape index (κ1) is 29.5. The molecule has 0 aromatic heterocycles. The van der Waals surface area contributed by atoms with Crippen molar-refractivity contribution in [2.75, 3.05) is 26.4 Å². The lowest BCUT2D eigenvalue weighted by Crippen LogP contribution is -2.38. The van der Waals surface area contributed by atoms with Gasteiger partial charge in [0.1, 0.15) is 23.9 Å². The van der Waals surface area contributed by atoms with Crippen molar-refractivity contribution in [1.82, 2.24) is 0 Å². The lowest BCUT2D eigenvalue weighted by molar-refractivity contribution is -0.114. The molecule has 5 rings (SSSR count). The highest BCUT2D eigenvalue weighted by atomic mass is 79.9. The third-order valence-electron chi connectivity index (χ3n) is 6.35. The van der Waals surface area contributed by atoms with Gasteiger partial charge in [-0.05, 0) is 69.0 Å². The monoisotopic (exact) mass is 638 g/mol. The second kappa shape index (κ2) is 14.8. The van der Waals surface area contributed by atoms with Crippen molar-refractivity contribution in [1.29, 1.82) is 0 Å². The van der Waals surface area contributed by atoms with E-state index in [1.807, 2.05) is 18.2 Å². The third-order valence-corrected chi connectivity index (χ3v) is 7.34. The maximum absolute atomic E-state index is 12.1. The number of aldehydes is 1. The number of hydrogen-bond acceptors (Lipinski definition) is 7. The van der Waals surface area contributed by atoms with Gasteiger partial charge < -0.3 is 24.1 Å². The second-order valence-corrected chi connectivity index (χ2v) is 11.1. The summed E-state index contributed by atoms with van der Waals surface area (Å²) < 4.78 is 18.2. The Bertz CT molecular complexity index is 1080. The zero-order chi connectivity index (χ0) is 26.8. The molecule has 3 heterocycles. The molecule has 0 bridgehead atoms. The number of Topliss-reactive ketones (excluding diaryl/α,β-unsaturated/α-hetero) is 2. The van der Waals surface area contributed by atoms with E-state index in [9.17, 15) is 14.4 Å². The number of aromatic hydroxyl groups is 1. The van der Waals surface area contributed by atoms with Gasteiger partial charge in [-0.2, -0.15) is 0 Å². The molecule has 3 atom stereocenters. The van der Waals surface area contributed by atoms with Crippen molar-refractivity contribution < 1.29 is 33.7 Å². The molecule has 3 aliphatic rings. The number of carbonyl (C=O) groups excluding carboxylic acids is 3. The second-order valence-electron chi connectivity index (χ2n) is 9.23. The summed E-state index contributed by atoms with van der Waals surface area (Å²) in [4.78, 5) is 33.1. The molecule has 37 heavy (non-hydrogen) atoms. The van der Waals surface area contributed by atoms with E-state index in [4.69, 9.17) is 19.3 Å². The van der Waals surface area contributed by atoms with E-state index in [0.717, 1.165) is 54.1 Å². The normalized spacial score (nSPS) is 22.7. The van der Waals surface area contributed by atoms with E-state index in [1.165, 1.54) is 13.0 Å². The third kappa shape index (κ3) is 9.02. The first-order valence-corrected chi connectivity index (χ1v) is 14.0. The van der Waals surface area contributed by atoms with E-state index in [0.29, 0.717) is 42.4 Å². The molecule has 200 valence electrons. The Hall–Kier alpha value is -2.07. The van der Waals surface area contributed by atoms with Crippen LogP contribution in [-0.4, -0.2) is 55.5 Å². The number of phenols is 1. The van der Waals surface area contributed by atoms with Gasteiger partial charge in [-0.15, -0.1) is 0 Å². The van der Waals surface area contributed by atoms with Gasteiger partial charge in [0.25, 0.3) is 0 Å². The number of benzene rings is 2. The van der Waals surface area contributed by atoms with Crippen molar-refractivity contribution in [2.24, 2.45) is 11.8 Å². The predicted octanol–water partition coefficient (Wildman–Crippen LogP) is 6.18. The largest absolute Gasteiger partial charge is 0.507 e. The van der Waals surface area contributed by atoms with Gasteiger partial charge in [0.15, 0.2) is 11.6 Å². The number of ether oxygens (including phenoxy) is 3. The lowest BCUT2D eigenvalue weighted by Gasteiger charge is -2.33. The molecule has 2 saturated heterocycles. The maximum Gasteiger partial charge on any atom is 0.170 e. The Morgan fingerprint density at radius 1 is 1.00 bits per heavy atom. The number of rotatable bonds is 3. The number of hydrogen-bond donors (Lipinski definition) is 1. The van der Waals surface area contributed by atoms with Gasteiger partial charge in [-0.1, -0.05) is 31.9 Å². The van der Waals surface area contributed by atoms with Crippen molar-refractivity contribution >= 4 is 49.7 Å². The minimum absolute atomic E-state index is 0.0218. The Balaban J connectivity index is 0.000000171. The fraction of sp³-hybridized carbons (Fsp3) is 0.464. The molecule has 0 saturated carbocycles. The van der Waals surface area contributed by atoms with Crippen molar-refractivity contribution in [3.63, 3.8) is 0 Å². The number of phenolic OH excluding ortho intramolecular Hbond substituents is 1. The maximum atomic E-state index is 12.1. The molecule has 2 aromatic carbocycles. The average Bonchev–Trinajstić information content (AvgIpc) is 2.92. The summed E-state index contributed by atoms with van der Waals surface area (Å²) in [6.45, 7) is 4.44. The molecule has 0 spiro atoms. The fourth-order valence-electron chi connectivity index (χ4n) is 4.31. The Morgan fingerprint density at radius 2 is 1.68 bits per heavy atom. The Kier molecular flexibility index (Phi) is 11.8. The number of fused-ring (bicyclic) bond motifs is 1. The van der Waals surface area contributed by atoms with Gasteiger partial charge >= 0.3 is 0 Å². The number of ketones is 2. The van der Waals surface area contributed by atoms with E-state index < -0.39 is 0 Å². The van der Waals surface area contributed by atoms with Crippen molar-refractivity contribution in [3.8, 4) is 11.5 Å². The Labute approximate surface area is 234 Å². The average molecular weight is 640 g/mol. The van der Waals surface area contributed by atoms with Crippen LogP contribution in [0.4, 0.5) is 0 Å². The van der Waals surface area contributed by atoms with Crippen LogP contribution in [0.25, 0.3) is 0 Å². The summed E-state index contributed by atoms with van der Waals surface area (Å²) in [5, 5.41) is 9.16. The summed E-state index contributed by atoms with van der Waals surface area (Å²) in [5.74, 6) is 1.31. The SMILES string of the molecule is CC(=O)c1cc(Br)ccc1O.O=C1CC(C2CCCOC2)Oc2ccc(Br)cc21.O=CC1CCCOC1. The van der Waals surface area contributed by atoms with Crippen LogP contribution in [0, 0.1) is 11.8 Å². The standard InChI is InChI=1S/C14H15BrO3.C8H7BrO2.C6H10O2/c15-10-3-4-13-11(6-10)12(16)7-14(18-13)9-2-1-5-17-8-9;1-5(10)7-4-6(9)2-3-8(7)11;7-4-6-2-1-3-8-5-6/h3-4,6,9,14H,1-2,5,7-8H2;2-4,11H,1H3;4,6H,1-3,5H2. The predicted molar refractivity (Wildman–Crippen MR) is 146 cm³/mol. The van der Waals surface area contributed by atoms with Crippen molar-refractivity contribution in [2.45, 2.75) is 45.1 Å². The van der Waals surface area contributed by atoms with Crippen LogP contribution in [0.1, 0.15) is 59.7 Å². The summed E-state index contributed by atoms with van der Waals surface area (Å²) >= 11 is 6.58. The summed E-state index contributed by atoms with van der Waals surface area (Å²) in [7, 11) is 0. The molecule has 2 aromatic rings. The highest BCUT2D eigenvalue weighted by Gasteiger charge is 2.33. The zero-order valence-electron chi connectivity index (χ0n) is 20.8. The topological polar surface area (TPSA) is 99.1 Å². The van der Waals surface area contributed by atoms with Crippen LogP contribution in [0.2, 0.25) is 0 Å². The molecule has 7 nitrogen and oxygen atoms in total. The van der Waals surface area contributed by atoms with Gasteiger partial charge in [0.2, 0.25) is 0 Å². The zero-order valence-corrected chi connectivity index (χ0v) is 24.0.